The van der Waals surface area contributed by atoms with E-state index in [1.807, 2.05) is 20.8 Å². The lowest BCUT2D eigenvalue weighted by Gasteiger charge is -2.33. The maximum absolute atomic E-state index is 12.3. The minimum absolute atomic E-state index is 0.0435. The molecule has 0 aliphatic carbocycles. The number of methoxy groups -OCH3 is 2. The van der Waals surface area contributed by atoms with E-state index in [4.69, 9.17) is 14.2 Å². The summed E-state index contributed by atoms with van der Waals surface area (Å²) < 4.78 is 15.9. The fourth-order valence-corrected chi connectivity index (χ4v) is 3.18. The number of anilines is 1. The minimum atomic E-state index is -0.478. The zero-order valence-electron chi connectivity index (χ0n) is 17.5. The smallest absolute Gasteiger partial charge is 0.410 e. The third kappa shape index (κ3) is 6.62. The van der Waals surface area contributed by atoms with E-state index in [-0.39, 0.29) is 12.0 Å². The van der Waals surface area contributed by atoms with Gasteiger partial charge in [-0.05, 0) is 58.1 Å². The number of rotatable bonds is 6. The zero-order valence-corrected chi connectivity index (χ0v) is 17.5. The molecule has 1 aromatic rings. The first-order chi connectivity index (χ1) is 13.2. The average Bonchev–Trinajstić information content (AvgIpc) is 2.65. The number of likely N-dealkylation sites (tertiary alicyclic amines) is 1. The Morgan fingerprint density at radius 2 is 1.82 bits per heavy atom. The Bertz CT molecular complexity index is 676. The molecule has 1 heterocycles. The van der Waals surface area contributed by atoms with E-state index < -0.39 is 5.60 Å². The molecule has 7 heteroatoms. The molecule has 1 aromatic carbocycles. The lowest BCUT2D eigenvalue weighted by atomic mass is 9.92. The highest BCUT2D eigenvalue weighted by Gasteiger charge is 2.27. The first kappa shape index (κ1) is 21.9. The molecule has 1 saturated heterocycles. The molecule has 2 rings (SSSR count). The standard InChI is InChI=1S/C21H32N2O5/c1-21(2,3)28-20(25)23-12-10-15(11-13-23)6-9-19(24)22-17-8-7-16(26-4)14-18(17)27-5/h7-8,14-15H,6,9-13H2,1-5H3,(H,22,24). The van der Waals surface area contributed by atoms with Crippen molar-refractivity contribution in [2.45, 2.75) is 52.1 Å². The number of hydrogen-bond donors (Lipinski definition) is 1. The average molecular weight is 392 g/mol. The van der Waals surface area contributed by atoms with E-state index in [0.29, 0.717) is 42.6 Å². The number of benzene rings is 1. The van der Waals surface area contributed by atoms with Crippen molar-refractivity contribution in [3.05, 3.63) is 18.2 Å². The molecule has 0 bridgehead atoms. The molecule has 28 heavy (non-hydrogen) atoms. The van der Waals surface area contributed by atoms with E-state index in [0.717, 1.165) is 19.3 Å². The molecule has 0 saturated carbocycles. The van der Waals surface area contributed by atoms with Gasteiger partial charge in [0.15, 0.2) is 0 Å². The van der Waals surface area contributed by atoms with Crippen molar-refractivity contribution in [2.24, 2.45) is 5.92 Å². The second-order valence-electron chi connectivity index (χ2n) is 8.06. The van der Waals surface area contributed by atoms with Gasteiger partial charge in [0.1, 0.15) is 17.1 Å². The van der Waals surface area contributed by atoms with Gasteiger partial charge >= 0.3 is 6.09 Å². The molecule has 156 valence electrons. The fraction of sp³-hybridized carbons (Fsp3) is 0.619. The molecule has 7 nitrogen and oxygen atoms in total. The normalized spacial score (nSPS) is 15.1. The van der Waals surface area contributed by atoms with Crippen LogP contribution in [0.15, 0.2) is 18.2 Å². The summed E-state index contributed by atoms with van der Waals surface area (Å²) in [7, 11) is 3.14. The third-order valence-electron chi connectivity index (χ3n) is 4.73. The van der Waals surface area contributed by atoms with Gasteiger partial charge in [0.2, 0.25) is 5.91 Å². The molecular weight excluding hydrogens is 360 g/mol. The summed E-state index contributed by atoms with van der Waals surface area (Å²) in [5.41, 5.74) is 0.155. The minimum Gasteiger partial charge on any atom is -0.497 e. The van der Waals surface area contributed by atoms with Crippen LogP contribution in [0.25, 0.3) is 0 Å². The van der Waals surface area contributed by atoms with Crippen LogP contribution in [0.4, 0.5) is 10.5 Å². The predicted octanol–water partition coefficient (Wildman–Crippen LogP) is 4.07. The number of nitrogens with one attached hydrogen (secondary N) is 1. The number of hydrogen-bond acceptors (Lipinski definition) is 5. The van der Waals surface area contributed by atoms with Crippen molar-refractivity contribution in [1.29, 1.82) is 0 Å². The number of carbonyl (C=O) groups excluding carboxylic acids is 2. The summed E-state index contributed by atoms with van der Waals surface area (Å²) in [5.74, 6) is 1.63. The van der Waals surface area contributed by atoms with Crippen LogP contribution in [0, 0.1) is 5.92 Å². The maximum atomic E-state index is 12.3. The predicted molar refractivity (Wildman–Crippen MR) is 108 cm³/mol. The highest BCUT2D eigenvalue weighted by atomic mass is 16.6. The lowest BCUT2D eigenvalue weighted by Crippen LogP contribution is -2.41. The molecular formula is C21H32N2O5. The summed E-state index contributed by atoms with van der Waals surface area (Å²) in [6, 6.07) is 5.29. The van der Waals surface area contributed by atoms with Gasteiger partial charge in [0.05, 0.1) is 19.9 Å². The molecule has 1 aliphatic rings. The number of carbonyl (C=O) groups is 2. The van der Waals surface area contributed by atoms with Crippen LogP contribution in [-0.4, -0.2) is 49.8 Å². The summed E-state index contributed by atoms with van der Waals surface area (Å²) in [6.45, 7) is 6.96. The molecule has 1 fully saturated rings. The molecule has 0 spiro atoms. The quantitative estimate of drug-likeness (QED) is 0.790. The van der Waals surface area contributed by atoms with Gasteiger partial charge in [-0.25, -0.2) is 4.79 Å². The van der Waals surface area contributed by atoms with Crippen LogP contribution >= 0.6 is 0 Å². The summed E-state index contributed by atoms with van der Waals surface area (Å²) in [5, 5.41) is 2.90. The van der Waals surface area contributed by atoms with Gasteiger partial charge in [-0.15, -0.1) is 0 Å². The lowest BCUT2D eigenvalue weighted by molar-refractivity contribution is -0.116. The van der Waals surface area contributed by atoms with Crippen molar-refractivity contribution in [3.8, 4) is 11.5 Å². The maximum Gasteiger partial charge on any atom is 0.410 e. The Kier molecular flexibility index (Phi) is 7.54. The van der Waals surface area contributed by atoms with Gasteiger partial charge in [-0.1, -0.05) is 0 Å². The summed E-state index contributed by atoms with van der Waals surface area (Å²) in [4.78, 5) is 26.2. The van der Waals surface area contributed by atoms with Crippen LogP contribution in [0.2, 0.25) is 0 Å². The van der Waals surface area contributed by atoms with E-state index in [1.165, 1.54) is 0 Å². The van der Waals surface area contributed by atoms with Crippen molar-refractivity contribution in [1.82, 2.24) is 4.90 Å². The van der Waals surface area contributed by atoms with Crippen molar-refractivity contribution in [2.75, 3.05) is 32.6 Å². The Morgan fingerprint density at radius 1 is 1.14 bits per heavy atom. The van der Waals surface area contributed by atoms with E-state index >= 15 is 0 Å². The molecule has 0 unspecified atom stereocenters. The van der Waals surface area contributed by atoms with Gasteiger partial charge in [0, 0.05) is 25.6 Å². The second-order valence-corrected chi connectivity index (χ2v) is 8.06. The van der Waals surface area contributed by atoms with Gasteiger partial charge in [0.25, 0.3) is 0 Å². The topological polar surface area (TPSA) is 77.1 Å². The number of amides is 2. The molecule has 1 N–H and O–H groups in total. The van der Waals surface area contributed by atoms with E-state index in [9.17, 15) is 9.59 Å². The number of piperidine rings is 1. The fourth-order valence-electron chi connectivity index (χ4n) is 3.18. The number of nitrogens with zero attached hydrogens (tertiary/aromatic N) is 1. The van der Waals surface area contributed by atoms with Crippen LogP contribution in [-0.2, 0) is 9.53 Å². The molecule has 1 aliphatic heterocycles. The van der Waals surface area contributed by atoms with E-state index in [1.54, 1.807) is 37.3 Å². The van der Waals surface area contributed by atoms with Crippen LogP contribution in [0.1, 0.15) is 46.5 Å². The zero-order chi connectivity index (χ0) is 20.7. The van der Waals surface area contributed by atoms with Crippen LogP contribution in [0.5, 0.6) is 11.5 Å². The Balaban J connectivity index is 1.76. The first-order valence-electron chi connectivity index (χ1n) is 9.71. The molecule has 2 amide bonds. The SMILES string of the molecule is COc1ccc(NC(=O)CCC2CCN(C(=O)OC(C)(C)C)CC2)c(OC)c1. The molecule has 0 radical (unpaired) electrons. The van der Waals surface area contributed by atoms with Gasteiger partial charge in [-0.2, -0.15) is 0 Å². The Hall–Kier alpha value is -2.44. The third-order valence-corrected chi connectivity index (χ3v) is 4.73. The highest BCUT2D eigenvalue weighted by molar-refractivity contribution is 5.92. The number of ether oxygens (including phenoxy) is 3. The van der Waals surface area contributed by atoms with Crippen LogP contribution in [0.3, 0.4) is 0 Å². The van der Waals surface area contributed by atoms with Crippen molar-refractivity contribution >= 4 is 17.7 Å². The van der Waals surface area contributed by atoms with Crippen molar-refractivity contribution < 1.29 is 23.8 Å². The summed E-state index contributed by atoms with van der Waals surface area (Å²) in [6.07, 6.45) is 2.76. The Labute approximate surface area is 167 Å². The monoisotopic (exact) mass is 392 g/mol. The van der Waals surface area contributed by atoms with Gasteiger partial charge in [-0.3, -0.25) is 4.79 Å². The molecule has 0 atom stereocenters. The van der Waals surface area contributed by atoms with E-state index in [2.05, 4.69) is 5.32 Å². The van der Waals surface area contributed by atoms with Crippen molar-refractivity contribution in [3.63, 3.8) is 0 Å². The molecule has 0 aromatic heterocycles. The first-order valence-corrected chi connectivity index (χ1v) is 9.71. The largest absolute Gasteiger partial charge is 0.497 e. The van der Waals surface area contributed by atoms with Gasteiger partial charge < -0.3 is 24.4 Å². The highest BCUT2D eigenvalue weighted by Crippen LogP contribution is 2.29. The second kappa shape index (κ2) is 9.66. The summed E-state index contributed by atoms with van der Waals surface area (Å²) >= 11 is 0. The van der Waals surface area contributed by atoms with Crippen LogP contribution < -0.4 is 14.8 Å². The Morgan fingerprint density at radius 3 is 2.39 bits per heavy atom.